The summed E-state index contributed by atoms with van der Waals surface area (Å²) < 4.78 is 67.1. The third-order valence-corrected chi connectivity index (χ3v) is 4.75. The number of alkyl halides is 3. The average molecular weight is 453 g/mol. The van der Waals surface area contributed by atoms with Crippen molar-refractivity contribution >= 4 is 33.1 Å². The summed E-state index contributed by atoms with van der Waals surface area (Å²) in [6, 6.07) is 5.34. The Morgan fingerprint density at radius 1 is 1.34 bits per heavy atom. The summed E-state index contributed by atoms with van der Waals surface area (Å²) in [5.41, 5.74) is 2.60. The summed E-state index contributed by atoms with van der Waals surface area (Å²) in [4.78, 5) is 14.1. The van der Waals surface area contributed by atoms with Gasteiger partial charge in [0.25, 0.3) is 5.89 Å². The van der Waals surface area contributed by atoms with Crippen molar-refractivity contribution in [1.82, 2.24) is 10.2 Å². The van der Waals surface area contributed by atoms with Crippen molar-refractivity contribution in [3.05, 3.63) is 40.9 Å². The van der Waals surface area contributed by atoms with Crippen molar-refractivity contribution in [3.63, 3.8) is 0 Å². The third-order valence-electron chi connectivity index (χ3n) is 3.26. The van der Waals surface area contributed by atoms with Crippen LogP contribution in [0.25, 0.3) is 11.5 Å². The van der Waals surface area contributed by atoms with Crippen LogP contribution in [0.15, 0.2) is 49.3 Å². The second-order valence-electron chi connectivity index (χ2n) is 5.50. The monoisotopic (exact) mass is 452 g/mol. The summed E-state index contributed by atoms with van der Waals surface area (Å²) in [5.74, 6) is -2.36. The summed E-state index contributed by atoms with van der Waals surface area (Å²) in [5, 5.41) is 14.7. The largest absolute Gasteiger partial charge is 0.480 e. The molecule has 2 aromatic rings. The third kappa shape index (κ3) is 5.54. The summed E-state index contributed by atoms with van der Waals surface area (Å²) in [6.45, 7) is -0.946. The molecule has 0 saturated carbocycles. The van der Waals surface area contributed by atoms with Crippen molar-refractivity contribution in [2.75, 3.05) is 12.8 Å². The van der Waals surface area contributed by atoms with Crippen LogP contribution in [0.1, 0.15) is 5.89 Å². The maximum absolute atomic E-state index is 12.8. The van der Waals surface area contributed by atoms with Gasteiger partial charge in [0.05, 0.1) is 9.93 Å². The van der Waals surface area contributed by atoms with E-state index >= 15 is 0 Å². The summed E-state index contributed by atoms with van der Waals surface area (Å²) in [6.07, 6.45) is -4.04. The molecule has 0 aliphatic rings. The molecular weight excluding hydrogens is 441 g/mol. The Hall–Kier alpha value is -2.93. The highest BCUT2D eigenvalue weighted by molar-refractivity contribution is 7.90. The number of halogens is 4. The molecule has 1 heterocycles. The molecule has 1 aromatic carbocycles. The molecule has 2 rings (SSSR count). The zero-order chi connectivity index (χ0) is 22.0. The number of allylic oxidation sites excluding steroid dienone is 2. The second-order valence-corrected chi connectivity index (χ2v) is 7.89. The van der Waals surface area contributed by atoms with Crippen molar-refractivity contribution in [1.29, 1.82) is 0 Å². The number of carboxylic acids is 1. The predicted molar refractivity (Wildman–Crippen MR) is 95.0 cm³/mol. The fourth-order valence-corrected chi connectivity index (χ4v) is 2.84. The first-order valence-electron chi connectivity index (χ1n) is 7.44. The fraction of sp³-hybridized carbons (Fsp3) is 0.200. The second kappa shape index (κ2) is 8.21. The van der Waals surface area contributed by atoms with Crippen LogP contribution in [0.2, 0.25) is 0 Å². The Morgan fingerprint density at radius 3 is 2.55 bits per heavy atom. The SMILES string of the molecule is CS(=O)(=O)c1cccc(-c2nnc(C(=NCC(=O)O)C(Cl)=C(N)C(F)(F)F)o2)c1. The Morgan fingerprint density at radius 2 is 2.00 bits per heavy atom. The van der Waals surface area contributed by atoms with E-state index in [0.717, 1.165) is 6.26 Å². The minimum absolute atomic E-state index is 0.0613. The normalized spacial score (nSPS) is 13.9. The number of sulfone groups is 1. The van der Waals surface area contributed by atoms with Gasteiger partial charge in [0.15, 0.2) is 9.84 Å². The lowest BCUT2D eigenvalue weighted by Gasteiger charge is -2.09. The number of aliphatic carboxylic acids is 1. The average Bonchev–Trinajstić information content (AvgIpc) is 3.09. The molecule has 3 N–H and O–H groups in total. The fourth-order valence-electron chi connectivity index (χ4n) is 1.92. The van der Waals surface area contributed by atoms with Gasteiger partial charge in [-0.3, -0.25) is 9.79 Å². The molecule has 0 atom stereocenters. The van der Waals surface area contributed by atoms with Gasteiger partial charge in [-0.2, -0.15) is 13.2 Å². The van der Waals surface area contributed by atoms with Crippen LogP contribution in [-0.4, -0.2) is 54.4 Å². The number of rotatable bonds is 6. The number of hydrogen-bond acceptors (Lipinski definition) is 8. The molecule has 29 heavy (non-hydrogen) atoms. The van der Waals surface area contributed by atoms with Crippen LogP contribution < -0.4 is 5.73 Å². The molecule has 0 spiro atoms. The number of nitrogens with zero attached hydrogens (tertiary/aromatic N) is 3. The van der Waals surface area contributed by atoms with E-state index in [-0.39, 0.29) is 16.3 Å². The molecule has 0 bridgehead atoms. The van der Waals surface area contributed by atoms with Crippen molar-refractivity contribution in [2.24, 2.45) is 10.7 Å². The molecule has 0 radical (unpaired) electrons. The predicted octanol–water partition coefficient (Wildman–Crippen LogP) is 1.99. The summed E-state index contributed by atoms with van der Waals surface area (Å²) in [7, 11) is -3.55. The molecule has 1 aromatic heterocycles. The molecule has 0 aliphatic heterocycles. The maximum atomic E-state index is 12.8. The lowest BCUT2D eigenvalue weighted by atomic mass is 10.2. The van der Waals surface area contributed by atoms with Crippen LogP contribution in [-0.2, 0) is 14.6 Å². The maximum Gasteiger partial charge on any atom is 0.432 e. The topological polar surface area (TPSA) is 149 Å². The quantitative estimate of drug-likeness (QED) is 0.632. The number of hydrogen-bond donors (Lipinski definition) is 2. The van der Waals surface area contributed by atoms with E-state index in [0.29, 0.717) is 0 Å². The highest BCUT2D eigenvalue weighted by Gasteiger charge is 2.36. The number of nitrogens with two attached hydrogens (primary N) is 1. The van der Waals surface area contributed by atoms with E-state index in [1.54, 1.807) is 0 Å². The molecular formula is C15H12ClF3N4O5S. The van der Waals surface area contributed by atoms with Crippen LogP contribution in [0.4, 0.5) is 13.2 Å². The van der Waals surface area contributed by atoms with E-state index < -0.39 is 50.9 Å². The van der Waals surface area contributed by atoms with Gasteiger partial charge in [-0.05, 0) is 18.2 Å². The van der Waals surface area contributed by atoms with Crippen LogP contribution in [0.5, 0.6) is 0 Å². The molecule has 14 heteroatoms. The van der Waals surface area contributed by atoms with E-state index in [9.17, 15) is 26.4 Å². The zero-order valence-corrected chi connectivity index (χ0v) is 16.0. The molecule has 0 amide bonds. The highest BCUT2D eigenvalue weighted by atomic mass is 35.5. The van der Waals surface area contributed by atoms with E-state index in [2.05, 4.69) is 15.2 Å². The highest BCUT2D eigenvalue weighted by Crippen LogP contribution is 2.29. The van der Waals surface area contributed by atoms with E-state index in [1.807, 2.05) is 0 Å². The molecule has 156 valence electrons. The van der Waals surface area contributed by atoms with Crippen LogP contribution in [0, 0.1) is 0 Å². The molecule has 9 nitrogen and oxygen atoms in total. The van der Waals surface area contributed by atoms with Gasteiger partial charge >= 0.3 is 12.1 Å². The Kier molecular flexibility index (Phi) is 6.33. The number of benzene rings is 1. The lowest BCUT2D eigenvalue weighted by molar-refractivity contribution is -0.135. The Bertz CT molecular complexity index is 1110. The van der Waals surface area contributed by atoms with Crippen molar-refractivity contribution < 1.29 is 35.9 Å². The van der Waals surface area contributed by atoms with Gasteiger partial charge < -0.3 is 15.3 Å². The Balaban J connectivity index is 2.55. The molecule has 0 fully saturated rings. The molecule has 0 unspecified atom stereocenters. The molecule has 0 saturated heterocycles. The minimum Gasteiger partial charge on any atom is -0.480 e. The first-order valence-corrected chi connectivity index (χ1v) is 9.71. The van der Waals surface area contributed by atoms with E-state index in [4.69, 9.17) is 26.9 Å². The van der Waals surface area contributed by atoms with Gasteiger partial charge in [0.1, 0.15) is 18.0 Å². The zero-order valence-electron chi connectivity index (χ0n) is 14.4. The number of aliphatic imine (C=N–C) groups is 1. The van der Waals surface area contributed by atoms with Crippen molar-refractivity contribution in [3.8, 4) is 11.5 Å². The van der Waals surface area contributed by atoms with Gasteiger partial charge in [0, 0.05) is 11.8 Å². The number of carboxylic acid groups (broad SMARTS) is 1. The lowest BCUT2D eigenvalue weighted by Crippen LogP contribution is -2.23. The number of aromatic nitrogens is 2. The standard InChI is InChI=1S/C15H12ClF3N4O5S/c1-29(26,27)8-4-2-3-7(5-8)13-22-23-14(28-13)11(21-6-9(24)25)10(16)12(20)15(17,18)19/h2-5H,6,20H2,1H3,(H,24,25). The smallest absolute Gasteiger partial charge is 0.432 e. The van der Waals surface area contributed by atoms with Gasteiger partial charge in [-0.15, -0.1) is 10.2 Å². The van der Waals surface area contributed by atoms with Crippen LogP contribution >= 0.6 is 11.6 Å². The van der Waals surface area contributed by atoms with Gasteiger partial charge in [0.2, 0.25) is 5.89 Å². The summed E-state index contributed by atoms with van der Waals surface area (Å²) >= 11 is 5.64. The first-order chi connectivity index (χ1) is 13.3. The molecule has 0 aliphatic carbocycles. The van der Waals surface area contributed by atoms with Gasteiger partial charge in [-0.1, -0.05) is 17.7 Å². The number of carbonyl (C=O) groups is 1. The van der Waals surface area contributed by atoms with Crippen molar-refractivity contribution in [2.45, 2.75) is 11.1 Å². The first kappa shape index (κ1) is 22.4. The van der Waals surface area contributed by atoms with Crippen LogP contribution in [0.3, 0.4) is 0 Å². The van der Waals surface area contributed by atoms with Gasteiger partial charge in [-0.25, -0.2) is 8.42 Å². The Labute approximate surface area is 166 Å². The minimum atomic E-state index is -5.02. The van der Waals surface area contributed by atoms with E-state index in [1.165, 1.54) is 24.3 Å².